The first kappa shape index (κ1) is 9.71. The van der Waals surface area contributed by atoms with E-state index in [-0.39, 0.29) is 0 Å². The van der Waals surface area contributed by atoms with Crippen LogP contribution in [0, 0.1) is 13.8 Å². The number of pyridine rings is 1. The minimum atomic E-state index is 0.700. The molecule has 0 atom stereocenters. The van der Waals surface area contributed by atoms with E-state index in [9.17, 15) is 4.79 Å². The van der Waals surface area contributed by atoms with E-state index in [2.05, 4.69) is 4.98 Å². The Labute approximate surface area is 78.4 Å². The molecule has 0 aliphatic rings. The van der Waals surface area contributed by atoms with Crippen molar-refractivity contribution in [3.63, 3.8) is 0 Å². The largest absolute Gasteiger partial charge is 0.363 e. The van der Waals surface area contributed by atoms with Crippen LogP contribution in [0.3, 0.4) is 0 Å². The van der Waals surface area contributed by atoms with Gasteiger partial charge in [0.1, 0.15) is 5.82 Å². The molecular weight excluding hydrogens is 164 g/mol. The summed E-state index contributed by atoms with van der Waals surface area (Å²) in [5, 5.41) is 0. The van der Waals surface area contributed by atoms with Gasteiger partial charge in [-0.15, -0.1) is 0 Å². The quantitative estimate of drug-likeness (QED) is 0.644. The van der Waals surface area contributed by atoms with E-state index in [0.29, 0.717) is 5.56 Å². The highest BCUT2D eigenvalue weighted by atomic mass is 16.1. The first-order valence-electron chi connectivity index (χ1n) is 4.17. The second-order valence-electron chi connectivity index (χ2n) is 3.31. The number of carbonyl (C=O) groups excluding carboxylic acids is 1. The fourth-order valence-electron chi connectivity index (χ4n) is 1.23. The van der Waals surface area contributed by atoms with Crippen LogP contribution in [0.25, 0.3) is 0 Å². The second kappa shape index (κ2) is 3.56. The van der Waals surface area contributed by atoms with E-state index in [4.69, 9.17) is 0 Å². The highest BCUT2D eigenvalue weighted by molar-refractivity contribution is 5.79. The van der Waals surface area contributed by atoms with Gasteiger partial charge in [0.25, 0.3) is 0 Å². The van der Waals surface area contributed by atoms with E-state index in [0.717, 1.165) is 23.4 Å². The van der Waals surface area contributed by atoms with Crippen molar-refractivity contribution in [1.82, 2.24) is 4.98 Å². The summed E-state index contributed by atoms with van der Waals surface area (Å²) in [5.41, 5.74) is 2.47. The number of carbonyl (C=O) groups is 1. The fourth-order valence-corrected chi connectivity index (χ4v) is 1.23. The molecule has 0 aliphatic carbocycles. The summed E-state index contributed by atoms with van der Waals surface area (Å²) in [6.07, 6.45) is 0.858. The number of aryl methyl sites for hydroxylation is 2. The van der Waals surface area contributed by atoms with Gasteiger partial charge in [0.15, 0.2) is 6.29 Å². The van der Waals surface area contributed by atoms with Crippen molar-refractivity contribution < 1.29 is 4.79 Å². The SMILES string of the molecule is Cc1cc(N(C)C)nc(C)c1C=O. The zero-order valence-electron chi connectivity index (χ0n) is 8.46. The fraction of sp³-hybridized carbons (Fsp3) is 0.400. The van der Waals surface area contributed by atoms with E-state index < -0.39 is 0 Å². The van der Waals surface area contributed by atoms with Crippen molar-refractivity contribution >= 4 is 12.1 Å². The lowest BCUT2D eigenvalue weighted by Gasteiger charge is -2.13. The second-order valence-corrected chi connectivity index (χ2v) is 3.31. The molecule has 0 bridgehead atoms. The summed E-state index contributed by atoms with van der Waals surface area (Å²) in [5.74, 6) is 0.889. The van der Waals surface area contributed by atoms with Crippen LogP contribution in [0.2, 0.25) is 0 Å². The van der Waals surface area contributed by atoms with Gasteiger partial charge in [0.2, 0.25) is 0 Å². The first-order valence-corrected chi connectivity index (χ1v) is 4.17. The van der Waals surface area contributed by atoms with Crippen molar-refractivity contribution in [2.45, 2.75) is 13.8 Å². The van der Waals surface area contributed by atoms with E-state index in [1.807, 2.05) is 38.9 Å². The molecule has 0 aliphatic heterocycles. The van der Waals surface area contributed by atoms with Crippen LogP contribution >= 0.6 is 0 Å². The van der Waals surface area contributed by atoms with Crippen molar-refractivity contribution in [2.75, 3.05) is 19.0 Å². The van der Waals surface area contributed by atoms with Gasteiger partial charge in [-0.3, -0.25) is 4.79 Å². The molecule has 3 nitrogen and oxygen atoms in total. The van der Waals surface area contributed by atoms with Gasteiger partial charge in [-0.05, 0) is 25.5 Å². The third-order valence-corrected chi connectivity index (χ3v) is 2.02. The highest BCUT2D eigenvalue weighted by Crippen LogP contribution is 2.15. The van der Waals surface area contributed by atoms with Crippen LogP contribution in [-0.4, -0.2) is 25.4 Å². The van der Waals surface area contributed by atoms with Crippen LogP contribution in [0.15, 0.2) is 6.07 Å². The van der Waals surface area contributed by atoms with E-state index >= 15 is 0 Å². The number of aromatic nitrogens is 1. The smallest absolute Gasteiger partial charge is 0.152 e. The summed E-state index contributed by atoms with van der Waals surface area (Å²) in [4.78, 5) is 16.9. The maximum Gasteiger partial charge on any atom is 0.152 e. The average Bonchev–Trinajstić information content (AvgIpc) is 2.03. The number of aldehydes is 1. The number of rotatable bonds is 2. The Bertz CT molecular complexity index is 309. The molecule has 0 aromatic carbocycles. The minimum Gasteiger partial charge on any atom is -0.363 e. The number of anilines is 1. The molecule has 0 fully saturated rings. The standard InChI is InChI=1S/C10H14N2O/c1-7-5-10(12(3)4)11-8(2)9(7)6-13/h5-6H,1-4H3. The normalized spacial score (nSPS) is 9.85. The Kier molecular flexibility index (Phi) is 2.66. The Morgan fingerprint density at radius 2 is 2.00 bits per heavy atom. The minimum absolute atomic E-state index is 0.700. The molecule has 1 aromatic rings. The van der Waals surface area contributed by atoms with Gasteiger partial charge < -0.3 is 4.90 Å². The Morgan fingerprint density at radius 1 is 1.38 bits per heavy atom. The molecule has 0 N–H and O–H groups in total. The van der Waals surface area contributed by atoms with Gasteiger partial charge in [-0.1, -0.05) is 0 Å². The van der Waals surface area contributed by atoms with Crippen molar-refractivity contribution in [3.8, 4) is 0 Å². The summed E-state index contributed by atoms with van der Waals surface area (Å²) >= 11 is 0. The molecule has 1 heterocycles. The van der Waals surface area contributed by atoms with Gasteiger partial charge in [-0.25, -0.2) is 4.98 Å². The number of hydrogen-bond acceptors (Lipinski definition) is 3. The molecule has 70 valence electrons. The van der Waals surface area contributed by atoms with Crippen LogP contribution < -0.4 is 4.90 Å². The Hall–Kier alpha value is -1.38. The number of hydrogen-bond donors (Lipinski definition) is 0. The maximum atomic E-state index is 10.7. The molecule has 0 saturated heterocycles. The lowest BCUT2D eigenvalue weighted by Crippen LogP contribution is -2.12. The van der Waals surface area contributed by atoms with Crippen LogP contribution in [0.4, 0.5) is 5.82 Å². The summed E-state index contributed by atoms with van der Waals surface area (Å²) in [6, 6.07) is 1.91. The lowest BCUT2D eigenvalue weighted by atomic mass is 10.1. The summed E-state index contributed by atoms with van der Waals surface area (Å²) < 4.78 is 0. The maximum absolute atomic E-state index is 10.7. The molecule has 1 rings (SSSR count). The molecular formula is C10H14N2O. The van der Waals surface area contributed by atoms with E-state index in [1.54, 1.807) is 0 Å². The van der Waals surface area contributed by atoms with Gasteiger partial charge in [0.05, 0.1) is 5.69 Å². The summed E-state index contributed by atoms with van der Waals surface area (Å²) in [6.45, 7) is 3.77. The van der Waals surface area contributed by atoms with Crippen molar-refractivity contribution in [2.24, 2.45) is 0 Å². The Morgan fingerprint density at radius 3 is 2.38 bits per heavy atom. The topological polar surface area (TPSA) is 33.2 Å². The molecule has 13 heavy (non-hydrogen) atoms. The van der Waals surface area contributed by atoms with Crippen LogP contribution in [-0.2, 0) is 0 Å². The summed E-state index contributed by atoms with van der Waals surface area (Å²) in [7, 11) is 3.86. The molecule has 1 aromatic heterocycles. The predicted molar refractivity (Wildman–Crippen MR) is 53.4 cm³/mol. The van der Waals surface area contributed by atoms with Gasteiger partial charge in [-0.2, -0.15) is 0 Å². The van der Waals surface area contributed by atoms with Crippen molar-refractivity contribution in [3.05, 3.63) is 22.9 Å². The molecule has 0 amide bonds. The third kappa shape index (κ3) is 1.86. The van der Waals surface area contributed by atoms with E-state index in [1.165, 1.54) is 0 Å². The lowest BCUT2D eigenvalue weighted by molar-refractivity contribution is 0.112. The zero-order chi connectivity index (χ0) is 10.0. The monoisotopic (exact) mass is 178 g/mol. The van der Waals surface area contributed by atoms with Crippen molar-refractivity contribution in [1.29, 1.82) is 0 Å². The first-order chi connectivity index (χ1) is 6.06. The van der Waals surface area contributed by atoms with Crippen LogP contribution in [0.5, 0.6) is 0 Å². The predicted octanol–water partition coefficient (Wildman–Crippen LogP) is 1.58. The molecule has 0 radical (unpaired) electrons. The molecule has 3 heteroatoms. The zero-order valence-corrected chi connectivity index (χ0v) is 8.46. The number of nitrogens with zero attached hydrogens (tertiary/aromatic N) is 2. The average molecular weight is 178 g/mol. The third-order valence-electron chi connectivity index (χ3n) is 2.02. The molecule has 0 saturated carbocycles. The highest BCUT2D eigenvalue weighted by Gasteiger charge is 2.06. The van der Waals surface area contributed by atoms with Gasteiger partial charge >= 0.3 is 0 Å². The van der Waals surface area contributed by atoms with Crippen LogP contribution in [0.1, 0.15) is 21.6 Å². The molecule has 0 spiro atoms. The Balaban J connectivity index is 3.28. The molecule has 0 unspecified atom stereocenters. The van der Waals surface area contributed by atoms with Gasteiger partial charge in [0, 0.05) is 19.7 Å².